The van der Waals surface area contributed by atoms with Crippen LogP contribution in [-0.2, 0) is 14.6 Å². The molecule has 1 saturated heterocycles. The summed E-state index contributed by atoms with van der Waals surface area (Å²) < 4.78 is 36.3. The number of nitrogens with one attached hydrogen (secondary N) is 2. The van der Waals surface area contributed by atoms with Crippen LogP contribution in [0.5, 0.6) is 5.75 Å². The molecule has 12 heteroatoms. The Labute approximate surface area is 220 Å². The van der Waals surface area contributed by atoms with Gasteiger partial charge >= 0.3 is 0 Å². The van der Waals surface area contributed by atoms with Crippen LogP contribution in [0, 0.1) is 0 Å². The smallest absolute Gasteiger partial charge is 0.254 e. The summed E-state index contributed by atoms with van der Waals surface area (Å²) in [6.45, 7) is 3.92. The number of nitrogens with zero attached hydrogens (tertiary/aromatic N) is 3. The lowest BCUT2D eigenvalue weighted by Gasteiger charge is -2.27. The number of morpholine rings is 1. The van der Waals surface area contributed by atoms with Crippen molar-refractivity contribution < 1.29 is 22.7 Å². The molecule has 0 bridgehead atoms. The standard InChI is InChI=1S/C25H28ClN5O5S/c1-3-14-37(33,34)22-7-5-4-6-20(22)28-23-18(26)16-27-25(30-23)29-19-9-8-17(15-21(19)35-2)24(32)31-10-12-36-13-11-31/h4-9,15-16H,3,10-14H2,1-2H3,(H2,27,28,29,30). The van der Waals surface area contributed by atoms with E-state index in [0.717, 1.165) is 0 Å². The van der Waals surface area contributed by atoms with E-state index in [9.17, 15) is 13.2 Å². The van der Waals surface area contributed by atoms with Gasteiger partial charge in [0.05, 0.1) is 48.5 Å². The molecule has 4 rings (SSSR count). The molecule has 1 aromatic heterocycles. The number of carbonyl (C=O) groups is 1. The summed E-state index contributed by atoms with van der Waals surface area (Å²) in [7, 11) is -1.97. The number of sulfone groups is 1. The number of para-hydroxylation sites is 1. The van der Waals surface area contributed by atoms with Crippen molar-refractivity contribution in [2.24, 2.45) is 0 Å². The van der Waals surface area contributed by atoms with E-state index in [1.807, 2.05) is 6.92 Å². The molecular weight excluding hydrogens is 518 g/mol. The fourth-order valence-electron chi connectivity index (χ4n) is 3.86. The molecule has 0 spiro atoms. The monoisotopic (exact) mass is 545 g/mol. The number of rotatable bonds is 9. The SMILES string of the molecule is CCCS(=O)(=O)c1ccccc1Nc1nc(Nc2ccc(C(=O)N3CCOCC3)cc2OC)ncc1Cl. The number of carbonyl (C=O) groups excluding carboxylic acids is 1. The first-order valence-corrected chi connectivity index (χ1v) is 13.8. The predicted octanol–water partition coefficient (Wildman–Crippen LogP) is 4.28. The van der Waals surface area contributed by atoms with E-state index in [1.165, 1.54) is 13.3 Å². The van der Waals surface area contributed by atoms with Crippen molar-refractivity contribution in [1.29, 1.82) is 0 Å². The van der Waals surface area contributed by atoms with Crippen molar-refractivity contribution in [3.8, 4) is 5.75 Å². The average molecular weight is 546 g/mol. The van der Waals surface area contributed by atoms with Crippen LogP contribution in [0.3, 0.4) is 0 Å². The minimum absolute atomic E-state index is 0.0276. The molecule has 0 atom stereocenters. The van der Waals surface area contributed by atoms with Gasteiger partial charge in [-0.2, -0.15) is 4.98 Å². The van der Waals surface area contributed by atoms with Crippen molar-refractivity contribution >= 4 is 50.5 Å². The van der Waals surface area contributed by atoms with Gasteiger partial charge in [-0.15, -0.1) is 0 Å². The molecule has 2 aromatic carbocycles. The van der Waals surface area contributed by atoms with Crippen LogP contribution < -0.4 is 15.4 Å². The summed E-state index contributed by atoms with van der Waals surface area (Å²) in [6, 6.07) is 11.7. The average Bonchev–Trinajstić information content (AvgIpc) is 2.91. The second-order valence-corrected chi connectivity index (χ2v) is 10.8. The highest BCUT2D eigenvalue weighted by Crippen LogP contribution is 2.32. The fourth-order valence-corrected chi connectivity index (χ4v) is 5.50. The first-order valence-electron chi connectivity index (χ1n) is 11.8. The molecule has 1 fully saturated rings. The number of anilines is 4. The van der Waals surface area contributed by atoms with Gasteiger partial charge in [-0.05, 0) is 36.8 Å². The van der Waals surface area contributed by atoms with Crippen LogP contribution in [0.1, 0.15) is 23.7 Å². The number of ether oxygens (including phenoxy) is 2. The molecule has 196 valence electrons. The Morgan fingerprint density at radius 1 is 1.14 bits per heavy atom. The Balaban J connectivity index is 1.57. The Kier molecular flexibility index (Phi) is 8.47. The van der Waals surface area contributed by atoms with Gasteiger partial charge in [0.15, 0.2) is 15.7 Å². The number of hydrogen-bond acceptors (Lipinski definition) is 9. The molecule has 0 unspecified atom stereocenters. The quantitative estimate of drug-likeness (QED) is 0.405. The molecule has 10 nitrogen and oxygen atoms in total. The van der Waals surface area contributed by atoms with E-state index >= 15 is 0 Å². The molecule has 37 heavy (non-hydrogen) atoms. The first kappa shape index (κ1) is 26.6. The zero-order valence-electron chi connectivity index (χ0n) is 20.5. The molecule has 0 saturated carbocycles. The zero-order chi connectivity index (χ0) is 26.4. The minimum Gasteiger partial charge on any atom is -0.495 e. The van der Waals surface area contributed by atoms with E-state index in [4.69, 9.17) is 21.1 Å². The number of halogens is 1. The second-order valence-electron chi connectivity index (χ2n) is 8.27. The van der Waals surface area contributed by atoms with E-state index in [1.54, 1.807) is 47.4 Å². The molecule has 2 heterocycles. The summed E-state index contributed by atoms with van der Waals surface area (Å²) >= 11 is 6.32. The molecule has 1 aliphatic heterocycles. The molecule has 0 radical (unpaired) electrons. The zero-order valence-corrected chi connectivity index (χ0v) is 22.1. The maximum atomic E-state index is 12.8. The maximum absolute atomic E-state index is 12.8. The van der Waals surface area contributed by atoms with Gasteiger partial charge in [-0.25, -0.2) is 13.4 Å². The third-order valence-corrected chi connectivity index (χ3v) is 7.93. The largest absolute Gasteiger partial charge is 0.495 e. The topological polar surface area (TPSA) is 123 Å². The number of benzene rings is 2. The van der Waals surface area contributed by atoms with Gasteiger partial charge in [-0.1, -0.05) is 30.7 Å². The van der Waals surface area contributed by atoms with Crippen LogP contribution in [0.15, 0.2) is 53.6 Å². The van der Waals surface area contributed by atoms with Gasteiger partial charge in [-0.3, -0.25) is 4.79 Å². The lowest BCUT2D eigenvalue weighted by molar-refractivity contribution is 0.0302. The molecule has 1 amide bonds. The van der Waals surface area contributed by atoms with E-state index < -0.39 is 9.84 Å². The van der Waals surface area contributed by atoms with E-state index in [2.05, 4.69) is 20.6 Å². The third-order valence-electron chi connectivity index (χ3n) is 5.69. The Morgan fingerprint density at radius 2 is 1.89 bits per heavy atom. The minimum atomic E-state index is -3.48. The highest BCUT2D eigenvalue weighted by Gasteiger charge is 2.21. The first-order chi connectivity index (χ1) is 17.8. The maximum Gasteiger partial charge on any atom is 0.254 e. The van der Waals surface area contributed by atoms with E-state index in [-0.39, 0.29) is 33.3 Å². The predicted molar refractivity (Wildman–Crippen MR) is 142 cm³/mol. The molecule has 0 aliphatic carbocycles. The van der Waals surface area contributed by atoms with Crippen LogP contribution in [0.25, 0.3) is 0 Å². The number of methoxy groups -OCH3 is 1. The van der Waals surface area contributed by atoms with Crippen molar-refractivity contribution in [1.82, 2.24) is 14.9 Å². The van der Waals surface area contributed by atoms with Gasteiger partial charge in [0.25, 0.3) is 5.91 Å². The van der Waals surface area contributed by atoms with Crippen LogP contribution >= 0.6 is 11.6 Å². The van der Waals surface area contributed by atoms with Crippen molar-refractivity contribution in [3.63, 3.8) is 0 Å². The van der Waals surface area contributed by atoms with Gasteiger partial charge in [0.2, 0.25) is 5.95 Å². The van der Waals surface area contributed by atoms with Crippen LogP contribution in [0.2, 0.25) is 5.02 Å². The molecule has 3 aromatic rings. The fraction of sp³-hybridized carbons (Fsp3) is 0.320. The highest BCUT2D eigenvalue weighted by molar-refractivity contribution is 7.91. The molecular formula is C25H28ClN5O5S. The summed E-state index contributed by atoms with van der Waals surface area (Å²) in [5.74, 6) is 0.796. The van der Waals surface area contributed by atoms with Crippen LogP contribution in [-0.4, -0.2) is 68.4 Å². The van der Waals surface area contributed by atoms with Crippen LogP contribution in [0.4, 0.5) is 23.1 Å². The highest BCUT2D eigenvalue weighted by atomic mass is 35.5. The molecule has 1 aliphatic rings. The number of aromatic nitrogens is 2. The lowest BCUT2D eigenvalue weighted by Crippen LogP contribution is -2.40. The Hall–Kier alpha value is -3.41. The third kappa shape index (κ3) is 6.30. The Morgan fingerprint density at radius 3 is 2.62 bits per heavy atom. The number of amides is 1. The summed E-state index contributed by atoms with van der Waals surface area (Å²) in [6.07, 6.45) is 1.91. The van der Waals surface area contributed by atoms with Gasteiger partial charge < -0.3 is 25.0 Å². The summed E-state index contributed by atoms with van der Waals surface area (Å²) in [5.41, 5.74) is 1.40. The van der Waals surface area contributed by atoms with Gasteiger partial charge in [0.1, 0.15) is 10.8 Å². The summed E-state index contributed by atoms with van der Waals surface area (Å²) in [5, 5.41) is 6.32. The van der Waals surface area contributed by atoms with E-state index in [0.29, 0.717) is 55.4 Å². The second kappa shape index (κ2) is 11.8. The summed E-state index contributed by atoms with van der Waals surface area (Å²) in [4.78, 5) is 23.4. The normalized spacial score (nSPS) is 13.8. The molecule has 2 N–H and O–H groups in total. The Bertz CT molecular complexity index is 1380. The number of hydrogen-bond donors (Lipinski definition) is 2. The lowest BCUT2D eigenvalue weighted by atomic mass is 10.1. The van der Waals surface area contributed by atoms with Crippen molar-refractivity contribution in [3.05, 3.63) is 59.2 Å². The van der Waals surface area contributed by atoms with Crippen molar-refractivity contribution in [2.45, 2.75) is 18.2 Å². The van der Waals surface area contributed by atoms with Gasteiger partial charge in [0, 0.05) is 18.7 Å². The van der Waals surface area contributed by atoms with Crippen molar-refractivity contribution in [2.75, 3.05) is 49.8 Å².